The molecule has 5 nitrogen and oxygen atoms in total. The lowest BCUT2D eigenvalue weighted by Crippen LogP contribution is -2.56. The number of nitrogens with one attached hydrogen (secondary N) is 2. The molecule has 0 aromatic heterocycles. The van der Waals surface area contributed by atoms with Gasteiger partial charge in [-0.3, -0.25) is 9.59 Å². The second-order valence-corrected chi connectivity index (χ2v) is 5.26. The Labute approximate surface area is 118 Å². The van der Waals surface area contributed by atoms with Crippen molar-refractivity contribution in [1.29, 1.82) is 0 Å². The van der Waals surface area contributed by atoms with Crippen LogP contribution in [0.15, 0.2) is 18.2 Å². The molecular formula is C15H19N3O2. The van der Waals surface area contributed by atoms with E-state index in [1.807, 2.05) is 25.1 Å². The van der Waals surface area contributed by atoms with Crippen molar-refractivity contribution in [2.75, 3.05) is 25.0 Å². The van der Waals surface area contributed by atoms with Gasteiger partial charge in [-0.15, -0.1) is 0 Å². The second kappa shape index (κ2) is 5.15. The molecule has 1 aromatic rings. The molecule has 20 heavy (non-hydrogen) atoms. The van der Waals surface area contributed by atoms with Crippen molar-refractivity contribution < 1.29 is 9.59 Å². The number of carbonyl (C=O) groups is 2. The lowest BCUT2D eigenvalue weighted by Gasteiger charge is -2.34. The number of carbonyl (C=O) groups excluding carboxylic acids is 2. The van der Waals surface area contributed by atoms with Gasteiger partial charge in [-0.05, 0) is 30.5 Å². The van der Waals surface area contributed by atoms with Crippen molar-refractivity contribution in [3.05, 3.63) is 29.3 Å². The summed E-state index contributed by atoms with van der Waals surface area (Å²) in [4.78, 5) is 26.2. The number of anilines is 1. The maximum absolute atomic E-state index is 12.6. The van der Waals surface area contributed by atoms with E-state index >= 15 is 0 Å². The van der Waals surface area contributed by atoms with Crippen molar-refractivity contribution in [3.63, 3.8) is 0 Å². The van der Waals surface area contributed by atoms with E-state index in [0.717, 1.165) is 18.7 Å². The molecule has 0 radical (unpaired) electrons. The van der Waals surface area contributed by atoms with Gasteiger partial charge < -0.3 is 15.5 Å². The number of piperazine rings is 1. The zero-order chi connectivity index (χ0) is 14.1. The van der Waals surface area contributed by atoms with Crippen LogP contribution in [0.3, 0.4) is 0 Å². The minimum atomic E-state index is -0.350. The molecule has 2 aliphatic heterocycles. The minimum Gasteiger partial charge on any atom is -0.384 e. The second-order valence-electron chi connectivity index (χ2n) is 5.26. The summed E-state index contributed by atoms with van der Waals surface area (Å²) in [6.07, 6.45) is 1.65. The Morgan fingerprint density at radius 1 is 1.35 bits per heavy atom. The fourth-order valence-electron chi connectivity index (χ4n) is 2.95. The highest BCUT2D eigenvalue weighted by Crippen LogP contribution is 2.24. The zero-order valence-electron chi connectivity index (χ0n) is 11.6. The number of fused-ring (bicyclic) bond motifs is 1. The molecule has 2 amide bonds. The predicted octanol–water partition coefficient (Wildman–Crippen LogP) is 1.01. The lowest BCUT2D eigenvalue weighted by molar-refractivity contribution is -0.127. The summed E-state index contributed by atoms with van der Waals surface area (Å²) in [5, 5.41) is 6.10. The van der Waals surface area contributed by atoms with Crippen LogP contribution < -0.4 is 10.6 Å². The van der Waals surface area contributed by atoms with E-state index in [-0.39, 0.29) is 17.9 Å². The first-order valence-electron chi connectivity index (χ1n) is 7.16. The van der Waals surface area contributed by atoms with Gasteiger partial charge >= 0.3 is 0 Å². The number of hydrogen-bond donors (Lipinski definition) is 2. The van der Waals surface area contributed by atoms with Crippen molar-refractivity contribution >= 4 is 17.5 Å². The van der Waals surface area contributed by atoms with E-state index in [2.05, 4.69) is 10.6 Å². The normalized spacial score (nSPS) is 21.1. The number of hydrogen-bond acceptors (Lipinski definition) is 3. The summed E-state index contributed by atoms with van der Waals surface area (Å²) in [7, 11) is 0. The van der Waals surface area contributed by atoms with Crippen LogP contribution in [-0.4, -0.2) is 42.4 Å². The number of benzene rings is 1. The Kier molecular flexibility index (Phi) is 3.34. The Hall–Kier alpha value is -2.04. The average molecular weight is 273 g/mol. The van der Waals surface area contributed by atoms with Crippen LogP contribution in [0.4, 0.5) is 5.69 Å². The van der Waals surface area contributed by atoms with E-state index in [4.69, 9.17) is 0 Å². The van der Waals surface area contributed by atoms with Crippen molar-refractivity contribution in [2.45, 2.75) is 25.8 Å². The first-order chi connectivity index (χ1) is 9.70. The number of rotatable bonds is 2. The third-order valence-electron chi connectivity index (χ3n) is 4.04. The van der Waals surface area contributed by atoms with Gasteiger partial charge in [-0.25, -0.2) is 0 Å². The molecule has 0 bridgehead atoms. The lowest BCUT2D eigenvalue weighted by atomic mass is 10.0. The van der Waals surface area contributed by atoms with Crippen LogP contribution >= 0.6 is 0 Å². The summed E-state index contributed by atoms with van der Waals surface area (Å²) in [6.45, 7) is 3.97. The quantitative estimate of drug-likeness (QED) is 0.845. The molecule has 3 rings (SSSR count). The number of amides is 2. The molecule has 5 heteroatoms. The highest BCUT2D eigenvalue weighted by atomic mass is 16.2. The van der Waals surface area contributed by atoms with E-state index in [1.54, 1.807) is 4.90 Å². The first kappa shape index (κ1) is 13.0. The van der Waals surface area contributed by atoms with Crippen LogP contribution in [0.2, 0.25) is 0 Å². The van der Waals surface area contributed by atoms with Crippen LogP contribution in [0.25, 0.3) is 0 Å². The monoisotopic (exact) mass is 273 g/mol. The Balaban J connectivity index is 1.86. The number of nitrogens with zero attached hydrogens (tertiary/aromatic N) is 1. The van der Waals surface area contributed by atoms with Gasteiger partial charge in [0.1, 0.15) is 6.04 Å². The molecule has 2 heterocycles. The van der Waals surface area contributed by atoms with Crippen LogP contribution in [0, 0.1) is 0 Å². The molecule has 106 valence electrons. The standard InChI is InChI=1S/C15H19N3O2/c1-2-13-14(19)17-7-8-18(13)15(20)11-4-3-10-5-6-16-12(10)9-11/h3-4,9,13,16H,2,5-8H2,1H3,(H,17,19). The van der Waals surface area contributed by atoms with Gasteiger partial charge in [0.05, 0.1) is 0 Å². The molecular weight excluding hydrogens is 254 g/mol. The molecule has 0 saturated carbocycles. The van der Waals surface area contributed by atoms with Gasteiger partial charge in [0.2, 0.25) is 5.91 Å². The van der Waals surface area contributed by atoms with Gasteiger partial charge in [-0.1, -0.05) is 13.0 Å². The molecule has 0 aliphatic carbocycles. The fourth-order valence-corrected chi connectivity index (χ4v) is 2.95. The van der Waals surface area contributed by atoms with E-state index < -0.39 is 0 Å². The summed E-state index contributed by atoms with van der Waals surface area (Å²) < 4.78 is 0. The van der Waals surface area contributed by atoms with Crippen molar-refractivity contribution in [2.24, 2.45) is 0 Å². The highest BCUT2D eigenvalue weighted by Gasteiger charge is 2.32. The SMILES string of the molecule is CCC1C(=O)NCCN1C(=O)c1ccc2c(c1)NCC2. The van der Waals surface area contributed by atoms with Gasteiger partial charge in [0.15, 0.2) is 0 Å². The molecule has 1 atom stereocenters. The van der Waals surface area contributed by atoms with Crippen molar-refractivity contribution in [3.8, 4) is 0 Å². The summed E-state index contributed by atoms with van der Waals surface area (Å²) in [6, 6.07) is 5.43. The first-order valence-corrected chi connectivity index (χ1v) is 7.16. The fraction of sp³-hybridized carbons (Fsp3) is 0.467. The third kappa shape index (κ3) is 2.13. The Morgan fingerprint density at radius 2 is 2.20 bits per heavy atom. The predicted molar refractivity (Wildman–Crippen MR) is 76.8 cm³/mol. The molecule has 1 aromatic carbocycles. The molecule has 1 fully saturated rings. The maximum atomic E-state index is 12.6. The molecule has 1 saturated heterocycles. The topological polar surface area (TPSA) is 61.4 Å². The van der Waals surface area contributed by atoms with Crippen LogP contribution in [0.1, 0.15) is 29.3 Å². The largest absolute Gasteiger partial charge is 0.384 e. The Bertz CT molecular complexity index is 556. The van der Waals surface area contributed by atoms with Crippen LogP contribution in [0.5, 0.6) is 0 Å². The molecule has 1 unspecified atom stereocenters. The third-order valence-corrected chi connectivity index (χ3v) is 4.04. The highest BCUT2D eigenvalue weighted by molar-refractivity contribution is 5.99. The zero-order valence-corrected chi connectivity index (χ0v) is 11.6. The van der Waals surface area contributed by atoms with Gasteiger partial charge in [0, 0.05) is 30.9 Å². The van der Waals surface area contributed by atoms with Gasteiger partial charge in [-0.2, -0.15) is 0 Å². The van der Waals surface area contributed by atoms with Gasteiger partial charge in [0.25, 0.3) is 5.91 Å². The molecule has 2 aliphatic rings. The summed E-state index contributed by atoms with van der Waals surface area (Å²) >= 11 is 0. The summed E-state index contributed by atoms with van der Waals surface area (Å²) in [5.41, 5.74) is 2.96. The summed E-state index contributed by atoms with van der Waals surface area (Å²) in [5.74, 6) is -0.102. The average Bonchev–Trinajstić information content (AvgIpc) is 2.93. The van der Waals surface area contributed by atoms with E-state index in [1.165, 1.54) is 5.56 Å². The van der Waals surface area contributed by atoms with E-state index in [9.17, 15) is 9.59 Å². The molecule has 2 N–H and O–H groups in total. The van der Waals surface area contributed by atoms with Crippen molar-refractivity contribution in [1.82, 2.24) is 10.2 Å². The van der Waals surface area contributed by atoms with E-state index in [0.29, 0.717) is 25.1 Å². The smallest absolute Gasteiger partial charge is 0.254 e. The minimum absolute atomic E-state index is 0.0496. The molecule has 0 spiro atoms. The maximum Gasteiger partial charge on any atom is 0.254 e. The Morgan fingerprint density at radius 3 is 3.00 bits per heavy atom. The van der Waals surface area contributed by atoms with Crippen LogP contribution in [-0.2, 0) is 11.2 Å².